The summed E-state index contributed by atoms with van der Waals surface area (Å²) in [6.45, 7) is 4.71. The van der Waals surface area contributed by atoms with Crippen LogP contribution in [0.3, 0.4) is 0 Å². The average Bonchev–Trinajstić information content (AvgIpc) is 3.54. The van der Waals surface area contributed by atoms with Crippen LogP contribution in [0.1, 0.15) is 25.0 Å². The Morgan fingerprint density at radius 1 is 0.488 bits per heavy atom. The van der Waals surface area contributed by atoms with Gasteiger partial charge in [-0.1, -0.05) is 111 Å². The summed E-state index contributed by atoms with van der Waals surface area (Å²) in [5.74, 6) is 0. The zero-order valence-corrected chi connectivity index (χ0v) is 25.0. The average molecular weight is 568 g/mol. The largest absolute Gasteiger partial charge is 0.310 e. The molecular weight excluding hydrogens is 539 g/mol. The van der Waals surface area contributed by atoms with Gasteiger partial charge in [0.1, 0.15) is 0 Å². The van der Waals surface area contributed by atoms with Gasteiger partial charge in [-0.05, 0) is 80.9 Å². The number of para-hydroxylation sites is 1. The molecule has 0 amide bonds. The molecule has 0 spiro atoms. The third kappa shape index (κ3) is 3.57. The lowest BCUT2D eigenvalue weighted by atomic mass is 9.82. The van der Waals surface area contributed by atoms with Crippen molar-refractivity contribution in [2.45, 2.75) is 19.3 Å². The van der Waals surface area contributed by atoms with Crippen molar-refractivity contribution in [1.29, 1.82) is 0 Å². The van der Waals surface area contributed by atoms with Crippen LogP contribution in [-0.4, -0.2) is 0 Å². The van der Waals surface area contributed by atoms with E-state index in [4.69, 9.17) is 0 Å². The quantitative estimate of drug-likeness (QED) is 0.192. The second-order valence-electron chi connectivity index (χ2n) is 12.2. The summed E-state index contributed by atoms with van der Waals surface area (Å²) in [6.07, 6.45) is 0. The van der Waals surface area contributed by atoms with E-state index in [1.807, 2.05) is 11.3 Å². The summed E-state index contributed by atoms with van der Waals surface area (Å²) in [5, 5.41) is 7.86. The molecule has 9 rings (SSSR count). The number of rotatable bonds is 3. The van der Waals surface area contributed by atoms with E-state index in [9.17, 15) is 0 Å². The predicted molar refractivity (Wildman–Crippen MR) is 187 cm³/mol. The molecule has 1 heterocycles. The van der Waals surface area contributed by atoms with Crippen LogP contribution in [0.25, 0.3) is 52.8 Å². The van der Waals surface area contributed by atoms with Gasteiger partial charge >= 0.3 is 0 Å². The summed E-state index contributed by atoms with van der Waals surface area (Å²) in [4.78, 5) is 2.42. The minimum absolute atomic E-state index is 0.0589. The molecule has 0 unspecified atom stereocenters. The van der Waals surface area contributed by atoms with Gasteiger partial charge in [0.05, 0.1) is 0 Å². The SMILES string of the molecule is CC1(C)c2ccccc2-c2ccc(N(c3ccccc3)c3ccc4ccc5ccc6c7ccccc7sc6c5c4c3)cc21. The Balaban J connectivity index is 1.30. The Morgan fingerprint density at radius 2 is 1.16 bits per heavy atom. The molecule has 0 saturated carbocycles. The molecule has 0 fully saturated rings. The van der Waals surface area contributed by atoms with Crippen molar-refractivity contribution >= 4 is 70.1 Å². The van der Waals surface area contributed by atoms with Crippen LogP contribution in [0.2, 0.25) is 0 Å². The van der Waals surface area contributed by atoms with Crippen LogP contribution in [0, 0.1) is 0 Å². The minimum atomic E-state index is -0.0589. The Bertz CT molecular complexity index is 2380. The molecule has 43 heavy (non-hydrogen) atoms. The van der Waals surface area contributed by atoms with Gasteiger partial charge in [-0.25, -0.2) is 0 Å². The third-order valence-electron chi connectivity index (χ3n) is 9.43. The van der Waals surface area contributed by atoms with E-state index in [1.54, 1.807) is 0 Å². The normalized spacial score (nSPS) is 13.5. The summed E-state index contributed by atoms with van der Waals surface area (Å²) in [7, 11) is 0. The smallest absolute Gasteiger partial charge is 0.0468 e. The molecule has 0 atom stereocenters. The fourth-order valence-electron chi connectivity index (χ4n) is 7.30. The maximum Gasteiger partial charge on any atom is 0.0468 e. The van der Waals surface area contributed by atoms with Gasteiger partial charge in [0.2, 0.25) is 0 Å². The van der Waals surface area contributed by atoms with Gasteiger partial charge in [0.15, 0.2) is 0 Å². The summed E-state index contributed by atoms with van der Waals surface area (Å²) >= 11 is 1.91. The Hall–Kier alpha value is -4.92. The van der Waals surface area contributed by atoms with Gasteiger partial charge in [-0.15, -0.1) is 11.3 Å². The van der Waals surface area contributed by atoms with E-state index < -0.39 is 0 Å². The van der Waals surface area contributed by atoms with Crippen LogP contribution in [-0.2, 0) is 5.41 Å². The maximum absolute atomic E-state index is 2.42. The molecular formula is C41H29NS. The first-order valence-electron chi connectivity index (χ1n) is 14.9. The molecule has 0 saturated heterocycles. The second kappa shape index (κ2) is 9.04. The van der Waals surface area contributed by atoms with E-state index in [1.165, 1.54) is 69.7 Å². The van der Waals surface area contributed by atoms with Gasteiger partial charge in [-0.3, -0.25) is 0 Å². The topological polar surface area (TPSA) is 3.24 Å². The zero-order chi connectivity index (χ0) is 28.7. The lowest BCUT2D eigenvalue weighted by Gasteiger charge is -2.28. The molecule has 2 heteroatoms. The van der Waals surface area contributed by atoms with Crippen LogP contribution in [0.5, 0.6) is 0 Å². The van der Waals surface area contributed by atoms with Gasteiger partial charge in [0, 0.05) is 48.0 Å². The summed E-state index contributed by atoms with van der Waals surface area (Å²) in [5.41, 5.74) is 8.91. The molecule has 0 radical (unpaired) electrons. The number of thiophene rings is 1. The number of benzene rings is 7. The first-order chi connectivity index (χ1) is 21.1. The lowest BCUT2D eigenvalue weighted by molar-refractivity contribution is 0.660. The second-order valence-corrected chi connectivity index (χ2v) is 13.2. The molecule has 8 aromatic rings. The number of fused-ring (bicyclic) bond motifs is 10. The summed E-state index contributed by atoms with van der Waals surface area (Å²) in [6, 6.07) is 51.6. The molecule has 7 aromatic carbocycles. The van der Waals surface area contributed by atoms with E-state index in [-0.39, 0.29) is 5.41 Å². The first-order valence-corrected chi connectivity index (χ1v) is 15.8. The van der Waals surface area contributed by atoms with E-state index >= 15 is 0 Å². The van der Waals surface area contributed by atoms with E-state index in [0.717, 1.165) is 11.4 Å². The Kier molecular flexibility index (Phi) is 5.18. The Morgan fingerprint density at radius 3 is 2.07 bits per heavy atom. The molecule has 1 aliphatic rings. The first kappa shape index (κ1) is 24.7. The number of hydrogen-bond donors (Lipinski definition) is 0. The zero-order valence-electron chi connectivity index (χ0n) is 24.1. The van der Waals surface area contributed by atoms with Crippen LogP contribution >= 0.6 is 11.3 Å². The Labute approximate surface area is 255 Å². The van der Waals surface area contributed by atoms with E-state index in [2.05, 4.69) is 158 Å². The predicted octanol–water partition coefficient (Wildman–Crippen LogP) is 12.1. The fraction of sp³-hybridized carbons (Fsp3) is 0.0732. The van der Waals surface area contributed by atoms with Crippen molar-refractivity contribution in [3.63, 3.8) is 0 Å². The van der Waals surface area contributed by atoms with Crippen LogP contribution in [0.4, 0.5) is 17.1 Å². The van der Waals surface area contributed by atoms with Gasteiger partial charge in [0.25, 0.3) is 0 Å². The van der Waals surface area contributed by atoms with Crippen LogP contribution in [0.15, 0.2) is 140 Å². The molecule has 0 bridgehead atoms. The third-order valence-corrected chi connectivity index (χ3v) is 10.6. The highest BCUT2D eigenvalue weighted by molar-refractivity contribution is 7.26. The highest BCUT2D eigenvalue weighted by Gasteiger charge is 2.35. The highest BCUT2D eigenvalue weighted by Crippen LogP contribution is 2.51. The standard InChI is InChI=1S/C41H29NS/c1-41(2)36-14-8-6-12-31(36)32-23-21-30(25-37(32)41)42(28-10-4-3-5-11-28)29-20-18-26-16-17-27-19-22-34-33-13-7-9-15-38(33)43-40(34)39(27)35(26)24-29/h3-25H,1-2H3. The number of nitrogens with zero attached hydrogens (tertiary/aromatic N) is 1. The minimum Gasteiger partial charge on any atom is -0.310 e. The van der Waals surface area contributed by atoms with E-state index in [0.29, 0.717) is 0 Å². The van der Waals surface area contributed by atoms with Crippen molar-refractivity contribution in [3.05, 3.63) is 151 Å². The monoisotopic (exact) mass is 567 g/mol. The lowest BCUT2D eigenvalue weighted by Crippen LogP contribution is -2.16. The van der Waals surface area contributed by atoms with Crippen molar-refractivity contribution in [3.8, 4) is 11.1 Å². The number of anilines is 3. The van der Waals surface area contributed by atoms with Crippen molar-refractivity contribution in [1.82, 2.24) is 0 Å². The fourth-order valence-corrected chi connectivity index (χ4v) is 8.57. The molecule has 204 valence electrons. The van der Waals surface area contributed by atoms with Crippen molar-refractivity contribution in [2.24, 2.45) is 0 Å². The molecule has 1 aliphatic carbocycles. The number of hydrogen-bond acceptors (Lipinski definition) is 2. The van der Waals surface area contributed by atoms with Gasteiger partial charge in [-0.2, -0.15) is 0 Å². The molecule has 0 aliphatic heterocycles. The highest BCUT2D eigenvalue weighted by atomic mass is 32.1. The van der Waals surface area contributed by atoms with Gasteiger partial charge < -0.3 is 4.90 Å². The molecule has 1 nitrogen and oxygen atoms in total. The van der Waals surface area contributed by atoms with Crippen molar-refractivity contribution < 1.29 is 0 Å². The maximum atomic E-state index is 2.42. The molecule has 0 N–H and O–H groups in total. The van der Waals surface area contributed by atoms with Crippen LogP contribution < -0.4 is 4.90 Å². The van der Waals surface area contributed by atoms with Crippen molar-refractivity contribution in [2.75, 3.05) is 4.90 Å². The molecule has 1 aromatic heterocycles. The summed E-state index contributed by atoms with van der Waals surface area (Å²) < 4.78 is 2.70.